The highest BCUT2D eigenvalue weighted by Gasteiger charge is 2.09. The van der Waals surface area contributed by atoms with Crippen molar-refractivity contribution >= 4 is 11.0 Å². The number of hydrogen-bond acceptors (Lipinski definition) is 4. The van der Waals surface area contributed by atoms with Crippen LogP contribution in [0.5, 0.6) is 0 Å². The largest absolute Gasteiger partial charge is 0.330 e. The number of pyridine rings is 1. The molecular weight excluding hydrogens is 238 g/mol. The molecule has 5 heteroatoms. The predicted octanol–water partition coefficient (Wildman–Crippen LogP) is 1.63. The lowest BCUT2D eigenvalue weighted by atomic mass is 10.1. The number of nitrogens with zero attached hydrogens (tertiary/aromatic N) is 4. The van der Waals surface area contributed by atoms with Crippen LogP contribution in [0.2, 0.25) is 0 Å². The van der Waals surface area contributed by atoms with Crippen molar-refractivity contribution in [2.45, 2.75) is 13.3 Å². The quantitative estimate of drug-likeness (QED) is 0.770. The lowest BCUT2D eigenvalue weighted by Crippen LogP contribution is -2.06. The fourth-order valence-corrected chi connectivity index (χ4v) is 2.18. The van der Waals surface area contributed by atoms with Gasteiger partial charge in [-0.15, -0.1) is 5.10 Å². The van der Waals surface area contributed by atoms with E-state index in [1.807, 2.05) is 37.4 Å². The molecule has 2 aromatic heterocycles. The lowest BCUT2D eigenvalue weighted by Gasteiger charge is -2.07. The van der Waals surface area contributed by atoms with Gasteiger partial charge in [0.25, 0.3) is 0 Å². The molecule has 0 unspecified atom stereocenters. The van der Waals surface area contributed by atoms with Crippen molar-refractivity contribution in [3.8, 4) is 5.82 Å². The summed E-state index contributed by atoms with van der Waals surface area (Å²) in [6.45, 7) is 2.66. The Morgan fingerprint density at radius 3 is 2.89 bits per heavy atom. The smallest absolute Gasteiger partial charge is 0.158 e. The lowest BCUT2D eigenvalue weighted by molar-refractivity contribution is 0.792. The van der Waals surface area contributed by atoms with Crippen LogP contribution in [0.4, 0.5) is 0 Å². The maximum absolute atomic E-state index is 5.56. The molecule has 19 heavy (non-hydrogen) atoms. The Balaban J connectivity index is 2.11. The van der Waals surface area contributed by atoms with E-state index in [2.05, 4.69) is 21.4 Å². The average molecular weight is 253 g/mol. The summed E-state index contributed by atoms with van der Waals surface area (Å²) >= 11 is 0. The van der Waals surface area contributed by atoms with Gasteiger partial charge < -0.3 is 5.73 Å². The van der Waals surface area contributed by atoms with E-state index in [1.54, 1.807) is 4.68 Å². The maximum Gasteiger partial charge on any atom is 0.158 e. The molecular formula is C14H15N5. The van der Waals surface area contributed by atoms with Crippen molar-refractivity contribution in [3.63, 3.8) is 0 Å². The number of benzene rings is 1. The highest BCUT2D eigenvalue weighted by Crippen LogP contribution is 2.17. The van der Waals surface area contributed by atoms with Crippen LogP contribution < -0.4 is 5.73 Å². The van der Waals surface area contributed by atoms with E-state index in [0.29, 0.717) is 6.54 Å². The fourth-order valence-electron chi connectivity index (χ4n) is 2.18. The number of aryl methyl sites for hydroxylation is 1. The van der Waals surface area contributed by atoms with Crippen LogP contribution in [0.3, 0.4) is 0 Å². The Kier molecular flexibility index (Phi) is 2.97. The van der Waals surface area contributed by atoms with Gasteiger partial charge in [-0.05, 0) is 43.1 Å². The van der Waals surface area contributed by atoms with E-state index in [0.717, 1.165) is 34.4 Å². The predicted molar refractivity (Wildman–Crippen MR) is 74.2 cm³/mol. The van der Waals surface area contributed by atoms with Crippen LogP contribution >= 0.6 is 0 Å². The minimum absolute atomic E-state index is 0.632. The molecule has 0 aliphatic heterocycles. The Hall–Kier alpha value is -2.27. The first kappa shape index (κ1) is 11.8. The van der Waals surface area contributed by atoms with E-state index in [1.165, 1.54) is 0 Å². The van der Waals surface area contributed by atoms with Crippen molar-refractivity contribution in [2.75, 3.05) is 6.54 Å². The third-order valence-corrected chi connectivity index (χ3v) is 3.09. The molecule has 96 valence electrons. The van der Waals surface area contributed by atoms with E-state index < -0.39 is 0 Å². The maximum atomic E-state index is 5.56. The molecule has 1 aromatic carbocycles. The molecule has 5 nitrogen and oxygen atoms in total. The first-order valence-corrected chi connectivity index (χ1v) is 6.26. The summed E-state index contributed by atoms with van der Waals surface area (Å²) in [7, 11) is 0. The van der Waals surface area contributed by atoms with Gasteiger partial charge in [0, 0.05) is 6.20 Å². The second-order valence-electron chi connectivity index (χ2n) is 4.51. The molecule has 2 N–H and O–H groups in total. The van der Waals surface area contributed by atoms with Gasteiger partial charge in [0.05, 0.1) is 5.52 Å². The summed E-state index contributed by atoms with van der Waals surface area (Å²) in [6.07, 6.45) is 2.69. The van der Waals surface area contributed by atoms with Gasteiger partial charge in [-0.2, -0.15) is 4.68 Å². The molecule has 0 amide bonds. The second-order valence-corrected chi connectivity index (χ2v) is 4.51. The monoisotopic (exact) mass is 253 g/mol. The first-order valence-electron chi connectivity index (χ1n) is 6.26. The Morgan fingerprint density at radius 2 is 2.11 bits per heavy atom. The molecule has 3 rings (SSSR count). The molecule has 0 fully saturated rings. The van der Waals surface area contributed by atoms with Gasteiger partial charge in [0.15, 0.2) is 5.82 Å². The number of nitrogens with two attached hydrogens (primary N) is 1. The molecule has 0 saturated carbocycles. The summed E-state index contributed by atoms with van der Waals surface area (Å²) in [6, 6.07) is 9.96. The van der Waals surface area contributed by atoms with E-state index in [-0.39, 0.29) is 0 Å². The van der Waals surface area contributed by atoms with Gasteiger partial charge >= 0.3 is 0 Å². The zero-order valence-corrected chi connectivity index (χ0v) is 10.7. The average Bonchev–Trinajstić information content (AvgIpc) is 2.83. The number of para-hydroxylation sites is 1. The standard InChI is InChI=1S/C14H15N5/c1-10-8-11(6-7-15)9-16-14(10)19-13-5-3-2-4-12(13)17-18-19/h2-5,8-9H,6-7,15H2,1H3. The summed E-state index contributed by atoms with van der Waals surface area (Å²) in [5.74, 6) is 0.814. The van der Waals surface area contributed by atoms with E-state index >= 15 is 0 Å². The fraction of sp³-hybridized carbons (Fsp3) is 0.214. The van der Waals surface area contributed by atoms with Gasteiger partial charge in [0.2, 0.25) is 0 Å². The highest BCUT2D eigenvalue weighted by atomic mass is 15.4. The van der Waals surface area contributed by atoms with Crippen LogP contribution in [0.15, 0.2) is 36.5 Å². The molecule has 0 aliphatic rings. The number of rotatable bonds is 3. The van der Waals surface area contributed by atoms with Crippen LogP contribution in [0.1, 0.15) is 11.1 Å². The third kappa shape index (κ3) is 2.08. The Labute approximate surface area is 111 Å². The van der Waals surface area contributed by atoms with Crippen molar-refractivity contribution in [1.29, 1.82) is 0 Å². The molecule has 0 aliphatic carbocycles. The van der Waals surface area contributed by atoms with Gasteiger partial charge in [-0.1, -0.05) is 23.4 Å². The molecule has 0 spiro atoms. The van der Waals surface area contributed by atoms with E-state index in [9.17, 15) is 0 Å². The molecule has 2 heterocycles. The SMILES string of the molecule is Cc1cc(CCN)cnc1-n1nnc2ccccc21. The normalized spacial score (nSPS) is 11.1. The van der Waals surface area contributed by atoms with Crippen molar-refractivity contribution < 1.29 is 0 Å². The zero-order valence-electron chi connectivity index (χ0n) is 10.7. The topological polar surface area (TPSA) is 69.6 Å². The summed E-state index contributed by atoms with van der Waals surface area (Å²) in [4.78, 5) is 4.49. The number of fused-ring (bicyclic) bond motifs is 1. The first-order chi connectivity index (χ1) is 9.29. The van der Waals surface area contributed by atoms with Crippen molar-refractivity contribution in [3.05, 3.63) is 47.7 Å². The third-order valence-electron chi connectivity index (χ3n) is 3.09. The van der Waals surface area contributed by atoms with Crippen LogP contribution in [-0.2, 0) is 6.42 Å². The van der Waals surface area contributed by atoms with Gasteiger partial charge in [-0.25, -0.2) is 4.98 Å². The minimum atomic E-state index is 0.632. The molecule has 0 atom stereocenters. The van der Waals surface area contributed by atoms with Crippen LogP contribution in [0.25, 0.3) is 16.9 Å². The Bertz CT molecular complexity index is 717. The van der Waals surface area contributed by atoms with Crippen LogP contribution in [0, 0.1) is 6.92 Å². The van der Waals surface area contributed by atoms with Crippen molar-refractivity contribution in [1.82, 2.24) is 20.0 Å². The van der Waals surface area contributed by atoms with E-state index in [4.69, 9.17) is 5.73 Å². The highest BCUT2D eigenvalue weighted by molar-refractivity contribution is 5.75. The second kappa shape index (κ2) is 4.78. The zero-order chi connectivity index (χ0) is 13.2. The molecule has 0 bridgehead atoms. The molecule has 3 aromatic rings. The number of aromatic nitrogens is 4. The van der Waals surface area contributed by atoms with Crippen LogP contribution in [-0.4, -0.2) is 26.5 Å². The summed E-state index contributed by atoms with van der Waals surface area (Å²) in [5, 5.41) is 8.33. The molecule has 0 saturated heterocycles. The van der Waals surface area contributed by atoms with Gasteiger partial charge in [-0.3, -0.25) is 0 Å². The minimum Gasteiger partial charge on any atom is -0.330 e. The number of hydrogen-bond donors (Lipinski definition) is 1. The Morgan fingerprint density at radius 1 is 1.26 bits per heavy atom. The van der Waals surface area contributed by atoms with Crippen molar-refractivity contribution in [2.24, 2.45) is 5.73 Å². The van der Waals surface area contributed by atoms with Gasteiger partial charge in [0.1, 0.15) is 5.52 Å². The summed E-state index contributed by atoms with van der Waals surface area (Å²) < 4.78 is 1.77. The molecule has 0 radical (unpaired) electrons. The summed E-state index contributed by atoms with van der Waals surface area (Å²) in [5.41, 5.74) is 9.61.